The van der Waals surface area contributed by atoms with Crippen molar-refractivity contribution in [1.82, 2.24) is 25.3 Å². The number of aryl methyl sites for hydroxylation is 2. The zero-order valence-electron chi connectivity index (χ0n) is 23.9. The van der Waals surface area contributed by atoms with Crippen LogP contribution in [0.25, 0.3) is 0 Å². The van der Waals surface area contributed by atoms with Gasteiger partial charge in [-0.25, -0.2) is 8.42 Å². The third kappa shape index (κ3) is 7.87. The van der Waals surface area contributed by atoms with E-state index in [0.29, 0.717) is 34.6 Å². The minimum absolute atomic E-state index is 0.0129. The van der Waals surface area contributed by atoms with Crippen molar-refractivity contribution in [3.8, 4) is 11.8 Å². The van der Waals surface area contributed by atoms with E-state index in [4.69, 9.17) is 0 Å². The summed E-state index contributed by atoms with van der Waals surface area (Å²) in [6.07, 6.45) is 6.71. The molecule has 5 rings (SSSR count). The van der Waals surface area contributed by atoms with Crippen LogP contribution in [0.4, 0.5) is 5.69 Å². The predicted molar refractivity (Wildman–Crippen MR) is 167 cm³/mol. The van der Waals surface area contributed by atoms with E-state index < -0.39 is 9.84 Å². The number of nitrogens with one attached hydrogen (secondary N) is 3. The van der Waals surface area contributed by atoms with Gasteiger partial charge in [0, 0.05) is 53.9 Å². The highest BCUT2D eigenvalue weighted by atomic mass is 32.2. The van der Waals surface area contributed by atoms with Crippen LogP contribution in [0.2, 0.25) is 0 Å². The molecule has 2 aromatic heterocycles. The minimum atomic E-state index is -3.84. The van der Waals surface area contributed by atoms with Crippen LogP contribution in [0.15, 0.2) is 102 Å². The van der Waals surface area contributed by atoms with E-state index in [1.165, 1.54) is 22.9 Å². The Morgan fingerprint density at radius 1 is 0.932 bits per heavy atom. The van der Waals surface area contributed by atoms with Crippen LogP contribution < -0.4 is 10.6 Å². The Morgan fingerprint density at radius 3 is 2.43 bits per heavy atom. The second-order valence-electron chi connectivity index (χ2n) is 10.1. The molecule has 0 spiro atoms. The van der Waals surface area contributed by atoms with Crippen LogP contribution in [-0.2, 0) is 29.1 Å². The van der Waals surface area contributed by atoms with Gasteiger partial charge < -0.3 is 10.6 Å². The number of benzene rings is 3. The zero-order chi connectivity index (χ0) is 30.9. The average molecular weight is 607 g/mol. The largest absolute Gasteiger partial charge is 0.352 e. The smallest absolute Gasteiger partial charge is 0.255 e. The molecular weight excluding hydrogens is 576 g/mol. The van der Waals surface area contributed by atoms with Gasteiger partial charge in [-0.2, -0.15) is 10.2 Å². The molecule has 10 nitrogen and oxygen atoms in total. The summed E-state index contributed by atoms with van der Waals surface area (Å²) in [7, 11) is -2.12. The Bertz CT molecular complexity index is 1920. The van der Waals surface area contributed by atoms with Crippen LogP contribution >= 0.6 is 0 Å². The van der Waals surface area contributed by atoms with Gasteiger partial charge in [0.25, 0.3) is 11.8 Å². The van der Waals surface area contributed by atoms with Gasteiger partial charge in [-0.15, -0.1) is 0 Å². The van der Waals surface area contributed by atoms with E-state index in [2.05, 4.69) is 37.8 Å². The molecule has 0 unspecified atom stereocenters. The van der Waals surface area contributed by atoms with Gasteiger partial charge in [-0.05, 0) is 79.1 Å². The maximum Gasteiger partial charge on any atom is 0.255 e. The quantitative estimate of drug-likeness (QED) is 0.161. The molecule has 2 heterocycles. The first kappa shape index (κ1) is 30.0. The number of hydrogen-bond acceptors (Lipinski definition) is 6. The SMILES string of the molecule is Cn1ccc(CS(=O)(=O)c2ccc(C(=O)NCCCc3cn[nH]c3)cc2C#Cc2ccc(NC(=O)c3ccccc3)cc2)n1. The summed E-state index contributed by atoms with van der Waals surface area (Å²) in [4.78, 5) is 25.4. The van der Waals surface area contributed by atoms with Crippen molar-refractivity contribution in [2.75, 3.05) is 11.9 Å². The normalized spacial score (nSPS) is 10.9. The van der Waals surface area contributed by atoms with E-state index in [9.17, 15) is 18.0 Å². The minimum Gasteiger partial charge on any atom is -0.352 e. The predicted octanol–water partition coefficient (Wildman–Crippen LogP) is 4.13. The van der Waals surface area contributed by atoms with E-state index >= 15 is 0 Å². The number of H-pyrrole nitrogens is 1. The molecule has 3 N–H and O–H groups in total. The topological polar surface area (TPSA) is 139 Å². The first-order valence-corrected chi connectivity index (χ1v) is 15.5. The summed E-state index contributed by atoms with van der Waals surface area (Å²) in [5, 5.41) is 16.6. The molecule has 0 radical (unpaired) electrons. The number of nitrogens with zero attached hydrogens (tertiary/aromatic N) is 3. The molecular formula is C33H30N6O4S. The molecule has 222 valence electrons. The van der Waals surface area contributed by atoms with Crippen molar-refractivity contribution in [3.63, 3.8) is 0 Å². The molecule has 0 atom stereocenters. The number of anilines is 1. The van der Waals surface area contributed by atoms with Crippen molar-refractivity contribution in [2.24, 2.45) is 7.05 Å². The maximum atomic E-state index is 13.4. The first-order valence-electron chi connectivity index (χ1n) is 13.9. The fraction of sp³-hybridized carbons (Fsp3) is 0.152. The lowest BCUT2D eigenvalue weighted by molar-refractivity contribution is 0.0952. The summed E-state index contributed by atoms with van der Waals surface area (Å²) >= 11 is 0. The molecule has 0 fully saturated rings. The lowest BCUT2D eigenvalue weighted by Gasteiger charge is -2.09. The zero-order valence-corrected chi connectivity index (χ0v) is 24.8. The van der Waals surface area contributed by atoms with Gasteiger partial charge in [0.1, 0.15) is 0 Å². The molecule has 0 aliphatic rings. The van der Waals surface area contributed by atoms with Crippen LogP contribution in [0.1, 0.15) is 49.5 Å². The van der Waals surface area contributed by atoms with E-state index in [1.807, 2.05) is 12.3 Å². The monoisotopic (exact) mass is 606 g/mol. The van der Waals surface area contributed by atoms with Gasteiger partial charge in [-0.3, -0.25) is 19.4 Å². The Labute approximate surface area is 255 Å². The van der Waals surface area contributed by atoms with Crippen molar-refractivity contribution in [3.05, 3.63) is 131 Å². The van der Waals surface area contributed by atoms with E-state index in [-0.39, 0.29) is 28.0 Å². The molecule has 44 heavy (non-hydrogen) atoms. The molecule has 11 heteroatoms. The molecule has 0 aliphatic carbocycles. The van der Waals surface area contributed by atoms with Gasteiger partial charge in [-0.1, -0.05) is 30.0 Å². The average Bonchev–Trinajstić information content (AvgIpc) is 3.70. The van der Waals surface area contributed by atoms with Crippen LogP contribution in [-0.4, -0.2) is 46.8 Å². The Balaban J connectivity index is 1.35. The van der Waals surface area contributed by atoms with Crippen LogP contribution in [0.5, 0.6) is 0 Å². The summed E-state index contributed by atoms with van der Waals surface area (Å²) < 4.78 is 28.4. The number of carbonyl (C=O) groups excluding carboxylic acids is 2. The third-order valence-electron chi connectivity index (χ3n) is 6.69. The summed E-state index contributed by atoms with van der Waals surface area (Å²) in [5.74, 6) is 5.09. The fourth-order valence-electron chi connectivity index (χ4n) is 4.43. The van der Waals surface area contributed by atoms with Crippen molar-refractivity contribution < 1.29 is 18.0 Å². The van der Waals surface area contributed by atoms with E-state index in [1.54, 1.807) is 74.0 Å². The number of carbonyl (C=O) groups is 2. The molecule has 0 saturated carbocycles. The number of aromatic nitrogens is 4. The highest BCUT2D eigenvalue weighted by Crippen LogP contribution is 2.22. The first-order chi connectivity index (χ1) is 21.3. The van der Waals surface area contributed by atoms with E-state index in [0.717, 1.165) is 18.4 Å². The number of hydrogen-bond donors (Lipinski definition) is 3. The summed E-state index contributed by atoms with van der Waals surface area (Å²) in [6, 6.07) is 21.8. The van der Waals surface area contributed by atoms with Crippen molar-refractivity contribution >= 4 is 27.3 Å². The summed E-state index contributed by atoms with van der Waals surface area (Å²) in [5.41, 5.74) is 3.68. The standard InChI is InChI=1S/C33H30N6O4S/c1-39-19-17-30(38-39)23-44(42,43)31-16-13-28(32(40)34-18-5-6-25-21-35-36-22-25)20-27(31)12-9-24-10-14-29(15-11-24)37-33(41)26-7-3-2-4-8-26/h2-4,7-8,10-11,13-17,19-22H,5-6,18,23H2,1H3,(H,34,40)(H,35,36)(H,37,41). The number of aromatic amines is 1. The van der Waals surface area contributed by atoms with Gasteiger partial charge in [0.05, 0.1) is 22.5 Å². The molecule has 0 aliphatic heterocycles. The second kappa shape index (κ2) is 13.7. The van der Waals surface area contributed by atoms with Gasteiger partial charge in [0.2, 0.25) is 0 Å². The van der Waals surface area contributed by atoms with Crippen molar-refractivity contribution in [2.45, 2.75) is 23.5 Å². The van der Waals surface area contributed by atoms with Gasteiger partial charge >= 0.3 is 0 Å². The third-order valence-corrected chi connectivity index (χ3v) is 8.39. The number of rotatable bonds is 10. The highest BCUT2D eigenvalue weighted by molar-refractivity contribution is 7.90. The lowest BCUT2D eigenvalue weighted by Crippen LogP contribution is -2.25. The van der Waals surface area contributed by atoms with Crippen LogP contribution in [0.3, 0.4) is 0 Å². The summed E-state index contributed by atoms with van der Waals surface area (Å²) in [6.45, 7) is 0.442. The van der Waals surface area contributed by atoms with Crippen molar-refractivity contribution in [1.29, 1.82) is 0 Å². The molecule has 5 aromatic rings. The number of sulfone groups is 1. The van der Waals surface area contributed by atoms with Gasteiger partial charge in [0.15, 0.2) is 9.84 Å². The Kier molecular flexibility index (Phi) is 9.32. The Hall–Kier alpha value is -5.47. The molecule has 0 bridgehead atoms. The molecule has 3 aromatic carbocycles. The Morgan fingerprint density at radius 2 is 1.73 bits per heavy atom. The maximum absolute atomic E-state index is 13.4. The molecule has 2 amide bonds. The number of amides is 2. The van der Waals surface area contributed by atoms with Crippen LogP contribution in [0, 0.1) is 11.8 Å². The molecule has 0 saturated heterocycles. The highest BCUT2D eigenvalue weighted by Gasteiger charge is 2.22. The second-order valence-corrected chi connectivity index (χ2v) is 12.0. The fourth-order valence-corrected chi connectivity index (χ4v) is 5.85. The lowest BCUT2D eigenvalue weighted by atomic mass is 10.1.